The largest absolute Gasteiger partial charge is 0.492 e. The fourth-order valence-corrected chi connectivity index (χ4v) is 5.16. The molecule has 1 aliphatic carbocycles. The highest BCUT2D eigenvalue weighted by Crippen LogP contribution is 2.34. The highest BCUT2D eigenvalue weighted by molar-refractivity contribution is 5.92. The molecule has 1 fully saturated rings. The molecule has 0 amide bonds. The van der Waals surface area contributed by atoms with E-state index in [1.807, 2.05) is 12.1 Å². The Morgan fingerprint density at radius 1 is 1.24 bits per heavy atom. The zero-order chi connectivity index (χ0) is 22.9. The maximum Gasteiger partial charge on any atom is 0.338 e. The number of methoxy groups -OCH3 is 1. The first-order valence-corrected chi connectivity index (χ1v) is 11.6. The number of benzene rings is 2. The molecule has 5 rings (SSSR count). The molecule has 1 aromatic heterocycles. The zero-order valence-electron chi connectivity index (χ0n) is 18.7. The molecule has 1 N–H and O–H groups in total. The fraction of sp³-hybridized carbons (Fsp3) is 0.423. The third-order valence-corrected chi connectivity index (χ3v) is 7.08. The van der Waals surface area contributed by atoms with Crippen LogP contribution >= 0.6 is 0 Å². The molecule has 2 aromatic carbocycles. The highest BCUT2D eigenvalue weighted by Gasteiger charge is 2.34. The summed E-state index contributed by atoms with van der Waals surface area (Å²) in [6.07, 6.45) is 7.65. The Hall–Kier alpha value is -2.93. The minimum absolute atomic E-state index is 0.173. The number of carbonyl (C=O) groups excluding carboxylic acids is 1. The molecule has 1 saturated carbocycles. The summed E-state index contributed by atoms with van der Waals surface area (Å²) >= 11 is 0. The van der Waals surface area contributed by atoms with Crippen molar-refractivity contribution in [3.63, 3.8) is 0 Å². The number of hydrogen-bond acceptors (Lipinski definition) is 4. The Kier molecular flexibility index (Phi) is 6.06. The van der Waals surface area contributed by atoms with Crippen molar-refractivity contribution in [2.24, 2.45) is 0 Å². The van der Waals surface area contributed by atoms with E-state index in [0.717, 1.165) is 61.6 Å². The van der Waals surface area contributed by atoms with Crippen LogP contribution in [0.3, 0.4) is 0 Å². The first-order chi connectivity index (χ1) is 16.0. The van der Waals surface area contributed by atoms with Gasteiger partial charge in [-0.05, 0) is 62.4 Å². The van der Waals surface area contributed by atoms with Gasteiger partial charge in [-0.15, -0.1) is 0 Å². The molecule has 0 saturated heterocycles. The molecule has 2 heterocycles. The van der Waals surface area contributed by atoms with Crippen LogP contribution < -0.4 is 4.74 Å². The summed E-state index contributed by atoms with van der Waals surface area (Å²) in [5, 5.41) is 0.611. The molecule has 0 spiro atoms. The number of ether oxygens (including phenoxy) is 2. The molecular formula is C26H28F2N2O3. The summed E-state index contributed by atoms with van der Waals surface area (Å²) in [5.74, 6) is -0.709. The predicted octanol–water partition coefficient (Wildman–Crippen LogP) is 5.02. The lowest BCUT2D eigenvalue weighted by atomic mass is 9.88. The standard InChI is InChI=1S/C26H28F2N2O3/c1-32-26(31)20-8-3-9-24-22(20)13-19(15-33-24)30(18-6-2-7-18)10-4-5-16-14-29-25-21(16)11-17(27)12-23(25)28/h3,8-9,11-12,14,18-19,29H,2,4-7,10,13,15H2,1H3. The zero-order valence-corrected chi connectivity index (χ0v) is 18.7. The number of H-pyrrole nitrogens is 1. The van der Waals surface area contributed by atoms with E-state index in [-0.39, 0.29) is 12.0 Å². The van der Waals surface area contributed by atoms with Crippen molar-refractivity contribution in [2.75, 3.05) is 20.3 Å². The van der Waals surface area contributed by atoms with Gasteiger partial charge in [0.15, 0.2) is 0 Å². The van der Waals surface area contributed by atoms with Crippen molar-refractivity contribution in [1.29, 1.82) is 0 Å². The molecule has 0 radical (unpaired) electrons. The lowest BCUT2D eigenvalue weighted by molar-refractivity contribution is 0.0426. The van der Waals surface area contributed by atoms with Gasteiger partial charge in [-0.2, -0.15) is 0 Å². The van der Waals surface area contributed by atoms with Crippen LogP contribution in [0.2, 0.25) is 0 Å². The molecule has 1 atom stereocenters. The van der Waals surface area contributed by atoms with Gasteiger partial charge in [-0.25, -0.2) is 13.6 Å². The van der Waals surface area contributed by atoms with E-state index >= 15 is 0 Å². The van der Waals surface area contributed by atoms with E-state index in [9.17, 15) is 13.6 Å². The van der Waals surface area contributed by atoms with Gasteiger partial charge in [0.05, 0.1) is 18.2 Å². The topological polar surface area (TPSA) is 54.6 Å². The molecule has 2 aliphatic rings. The Labute approximate surface area is 191 Å². The van der Waals surface area contributed by atoms with Crippen molar-refractivity contribution in [2.45, 2.75) is 50.6 Å². The highest BCUT2D eigenvalue weighted by atomic mass is 19.1. The number of fused-ring (bicyclic) bond motifs is 2. The summed E-state index contributed by atoms with van der Waals surface area (Å²) in [5.41, 5.74) is 2.76. The van der Waals surface area contributed by atoms with Gasteiger partial charge in [0.1, 0.15) is 24.0 Å². The van der Waals surface area contributed by atoms with Crippen LogP contribution in [0.4, 0.5) is 8.78 Å². The van der Waals surface area contributed by atoms with Crippen molar-refractivity contribution in [3.05, 3.63) is 64.9 Å². The van der Waals surface area contributed by atoms with Gasteiger partial charge in [-0.3, -0.25) is 4.90 Å². The molecule has 0 bridgehead atoms. The fourth-order valence-electron chi connectivity index (χ4n) is 5.16. The van der Waals surface area contributed by atoms with E-state index in [1.165, 1.54) is 19.6 Å². The van der Waals surface area contributed by atoms with Gasteiger partial charge < -0.3 is 14.5 Å². The molecule has 33 heavy (non-hydrogen) atoms. The van der Waals surface area contributed by atoms with E-state index in [4.69, 9.17) is 9.47 Å². The van der Waals surface area contributed by atoms with Gasteiger partial charge >= 0.3 is 5.97 Å². The number of carbonyl (C=O) groups is 1. The van der Waals surface area contributed by atoms with Gasteiger partial charge in [0.2, 0.25) is 0 Å². The van der Waals surface area contributed by atoms with Gasteiger partial charge in [-0.1, -0.05) is 12.5 Å². The lowest BCUT2D eigenvalue weighted by Crippen LogP contribution is -2.51. The Bertz CT molecular complexity index is 1170. The summed E-state index contributed by atoms with van der Waals surface area (Å²) in [4.78, 5) is 17.7. The number of hydrogen-bond donors (Lipinski definition) is 1. The quantitative estimate of drug-likeness (QED) is 0.509. The van der Waals surface area contributed by atoms with Crippen LogP contribution in [-0.2, 0) is 17.6 Å². The number of rotatable bonds is 7. The van der Waals surface area contributed by atoms with Crippen LogP contribution in [0.25, 0.3) is 10.9 Å². The van der Waals surface area contributed by atoms with Crippen LogP contribution in [0, 0.1) is 11.6 Å². The third kappa shape index (κ3) is 4.22. The van der Waals surface area contributed by atoms with E-state index in [0.29, 0.717) is 29.1 Å². The molecule has 1 aliphatic heterocycles. The second-order valence-electron chi connectivity index (χ2n) is 8.99. The summed E-state index contributed by atoms with van der Waals surface area (Å²) in [6.45, 7) is 1.44. The SMILES string of the molecule is COC(=O)c1cccc2c1CC(N(CCCc1c[nH]c3c(F)cc(F)cc13)C1CCC1)CO2. The van der Waals surface area contributed by atoms with Crippen molar-refractivity contribution in [3.8, 4) is 5.75 Å². The maximum atomic E-state index is 14.0. The number of nitrogens with one attached hydrogen (secondary N) is 1. The number of nitrogens with zero attached hydrogens (tertiary/aromatic N) is 1. The van der Waals surface area contributed by atoms with Crippen molar-refractivity contribution < 1.29 is 23.0 Å². The molecule has 3 aromatic rings. The summed E-state index contributed by atoms with van der Waals surface area (Å²) in [6, 6.07) is 8.50. The van der Waals surface area contributed by atoms with Gasteiger partial charge in [0.25, 0.3) is 0 Å². The van der Waals surface area contributed by atoms with Crippen LogP contribution in [-0.4, -0.2) is 48.2 Å². The van der Waals surface area contributed by atoms with Crippen LogP contribution in [0.1, 0.15) is 47.2 Å². The van der Waals surface area contributed by atoms with E-state index < -0.39 is 11.6 Å². The van der Waals surface area contributed by atoms with Crippen LogP contribution in [0.15, 0.2) is 36.5 Å². The average Bonchev–Trinajstić information content (AvgIpc) is 3.19. The number of aromatic nitrogens is 1. The maximum absolute atomic E-state index is 14.0. The minimum Gasteiger partial charge on any atom is -0.492 e. The second kappa shape index (κ2) is 9.14. The molecule has 7 heteroatoms. The van der Waals surface area contributed by atoms with Gasteiger partial charge in [0, 0.05) is 35.3 Å². The Balaban J connectivity index is 1.31. The monoisotopic (exact) mass is 454 g/mol. The Morgan fingerprint density at radius 3 is 2.85 bits per heavy atom. The number of esters is 1. The van der Waals surface area contributed by atoms with E-state index in [2.05, 4.69) is 9.88 Å². The smallest absolute Gasteiger partial charge is 0.338 e. The molecular weight excluding hydrogens is 426 g/mol. The predicted molar refractivity (Wildman–Crippen MR) is 122 cm³/mol. The normalized spacial score (nSPS) is 18.1. The summed E-state index contributed by atoms with van der Waals surface area (Å²) in [7, 11) is 1.39. The van der Waals surface area contributed by atoms with Crippen molar-refractivity contribution >= 4 is 16.9 Å². The number of aromatic amines is 1. The third-order valence-electron chi connectivity index (χ3n) is 7.08. The Morgan fingerprint density at radius 2 is 2.09 bits per heavy atom. The number of halogens is 2. The lowest BCUT2D eigenvalue weighted by Gasteiger charge is -2.44. The average molecular weight is 455 g/mol. The summed E-state index contributed by atoms with van der Waals surface area (Å²) < 4.78 is 38.8. The minimum atomic E-state index is -0.563. The first-order valence-electron chi connectivity index (χ1n) is 11.6. The second-order valence-corrected chi connectivity index (χ2v) is 8.99. The number of aryl methyl sites for hydroxylation is 1. The van der Waals surface area contributed by atoms with Crippen molar-refractivity contribution in [1.82, 2.24) is 9.88 Å². The van der Waals surface area contributed by atoms with E-state index in [1.54, 1.807) is 12.3 Å². The molecule has 5 nitrogen and oxygen atoms in total. The van der Waals surface area contributed by atoms with Crippen LogP contribution in [0.5, 0.6) is 5.75 Å². The molecule has 174 valence electrons. The first kappa shape index (κ1) is 21.9. The molecule has 1 unspecified atom stereocenters.